The van der Waals surface area contributed by atoms with Crippen LogP contribution in [-0.4, -0.2) is 18.2 Å². The fraction of sp³-hybridized carbons (Fsp3) is 0.192. The van der Waals surface area contributed by atoms with Crippen LogP contribution < -0.4 is 15.2 Å². The van der Waals surface area contributed by atoms with Crippen molar-refractivity contribution in [2.45, 2.75) is 26.5 Å². The number of hydrogen-bond acceptors (Lipinski definition) is 5. The van der Waals surface area contributed by atoms with Gasteiger partial charge in [-0.25, -0.2) is 0 Å². The fourth-order valence-electron chi connectivity index (χ4n) is 3.75. The van der Waals surface area contributed by atoms with Crippen molar-refractivity contribution in [1.82, 2.24) is 0 Å². The molecule has 0 saturated carbocycles. The molecule has 6 nitrogen and oxygen atoms in total. The first-order chi connectivity index (χ1) is 15.5. The zero-order valence-electron chi connectivity index (χ0n) is 18.1. The van der Waals surface area contributed by atoms with E-state index in [2.05, 4.69) is 6.07 Å². The molecule has 6 heteroatoms. The second-order valence-corrected chi connectivity index (χ2v) is 7.68. The van der Waals surface area contributed by atoms with Crippen molar-refractivity contribution in [2.24, 2.45) is 5.73 Å². The summed E-state index contributed by atoms with van der Waals surface area (Å²) in [5.74, 6) is 0.175. The van der Waals surface area contributed by atoms with Crippen molar-refractivity contribution < 1.29 is 23.8 Å². The SMILES string of the molecule is COc1ccc(CC(=O)O)c(OCc2cc(-c3cccc(CN)c3)c3occ(C)c3c2)c1. The predicted octanol–water partition coefficient (Wildman–Crippen LogP) is 5.08. The van der Waals surface area contributed by atoms with Crippen LogP contribution >= 0.6 is 0 Å². The maximum Gasteiger partial charge on any atom is 0.307 e. The summed E-state index contributed by atoms with van der Waals surface area (Å²) in [5, 5.41) is 10.2. The lowest BCUT2D eigenvalue weighted by Crippen LogP contribution is -2.05. The Bertz CT molecular complexity index is 1270. The summed E-state index contributed by atoms with van der Waals surface area (Å²) in [4.78, 5) is 11.3. The van der Waals surface area contributed by atoms with E-state index in [1.807, 2.05) is 37.3 Å². The third-order valence-corrected chi connectivity index (χ3v) is 5.41. The van der Waals surface area contributed by atoms with Gasteiger partial charge in [-0.15, -0.1) is 0 Å². The third-order valence-electron chi connectivity index (χ3n) is 5.41. The van der Waals surface area contributed by atoms with Crippen LogP contribution in [0.2, 0.25) is 0 Å². The number of carboxylic acids is 1. The second-order valence-electron chi connectivity index (χ2n) is 7.68. The lowest BCUT2D eigenvalue weighted by atomic mass is 9.98. The first-order valence-corrected chi connectivity index (χ1v) is 10.3. The minimum Gasteiger partial charge on any atom is -0.497 e. The van der Waals surface area contributed by atoms with E-state index in [1.165, 1.54) is 0 Å². The summed E-state index contributed by atoms with van der Waals surface area (Å²) in [6, 6.07) is 17.3. The second kappa shape index (κ2) is 9.16. The van der Waals surface area contributed by atoms with Gasteiger partial charge in [-0.1, -0.05) is 24.3 Å². The monoisotopic (exact) mass is 431 g/mol. The normalized spacial score (nSPS) is 11.0. The molecule has 0 fully saturated rings. The first kappa shape index (κ1) is 21.5. The van der Waals surface area contributed by atoms with Crippen LogP contribution in [0.15, 0.2) is 65.3 Å². The number of methoxy groups -OCH3 is 1. The largest absolute Gasteiger partial charge is 0.497 e. The highest BCUT2D eigenvalue weighted by molar-refractivity contribution is 5.95. The van der Waals surface area contributed by atoms with Crippen LogP contribution in [0.5, 0.6) is 11.5 Å². The average Bonchev–Trinajstić information content (AvgIpc) is 3.18. The Balaban J connectivity index is 1.72. The van der Waals surface area contributed by atoms with E-state index in [0.29, 0.717) is 23.6 Å². The smallest absolute Gasteiger partial charge is 0.307 e. The number of nitrogens with two attached hydrogens (primary N) is 1. The molecular formula is C26H25NO5. The van der Waals surface area contributed by atoms with Crippen LogP contribution in [0.3, 0.4) is 0 Å². The number of carbonyl (C=O) groups is 1. The van der Waals surface area contributed by atoms with Gasteiger partial charge in [0.15, 0.2) is 0 Å². The Labute approximate surface area is 186 Å². The van der Waals surface area contributed by atoms with Crippen molar-refractivity contribution in [2.75, 3.05) is 7.11 Å². The third kappa shape index (κ3) is 4.45. The van der Waals surface area contributed by atoms with E-state index in [9.17, 15) is 9.90 Å². The molecule has 1 aromatic heterocycles. The molecule has 1 heterocycles. The van der Waals surface area contributed by atoms with Gasteiger partial charge in [0.25, 0.3) is 0 Å². The number of aliphatic carboxylic acids is 1. The molecule has 4 rings (SSSR count). The van der Waals surface area contributed by atoms with Crippen LogP contribution in [0, 0.1) is 6.92 Å². The van der Waals surface area contributed by atoms with Gasteiger partial charge < -0.3 is 24.7 Å². The summed E-state index contributed by atoms with van der Waals surface area (Å²) in [6.45, 7) is 2.73. The highest BCUT2D eigenvalue weighted by atomic mass is 16.5. The van der Waals surface area contributed by atoms with Crippen molar-refractivity contribution in [3.05, 3.63) is 83.1 Å². The summed E-state index contributed by atoms with van der Waals surface area (Å²) in [6.07, 6.45) is 1.62. The molecule has 0 radical (unpaired) electrons. The molecule has 164 valence electrons. The average molecular weight is 431 g/mol. The molecule has 0 spiro atoms. The van der Waals surface area contributed by atoms with Gasteiger partial charge in [0.05, 0.1) is 19.8 Å². The zero-order chi connectivity index (χ0) is 22.7. The van der Waals surface area contributed by atoms with Crippen LogP contribution in [0.4, 0.5) is 0 Å². The van der Waals surface area contributed by atoms with Gasteiger partial charge in [-0.05, 0) is 53.4 Å². The van der Waals surface area contributed by atoms with Gasteiger partial charge in [0, 0.05) is 29.1 Å². The molecule has 0 unspecified atom stereocenters. The molecule has 4 aromatic rings. The molecule has 0 saturated heterocycles. The van der Waals surface area contributed by atoms with Crippen molar-refractivity contribution in [3.63, 3.8) is 0 Å². The number of benzene rings is 3. The molecule has 0 amide bonds. The number of furan rings is 1. The highest BCUT2D eigenvalue weighted by Crippen LogP contribution is 2.34. The summed E-state index contributed by atoms with van der Waals surface area (Å²) in [5.41, 5.74) is 12.2. The Kier molecular flexibility index (Phi) is 6.14. The maximum absolute atomic E-state index is 11.3. The molecule has 0 bridgehead atoms. The lowest BCUT2D eigenvalue weighted by molar-refractivity contribution is -0.136. The first-order valence-electron chi connectivity index (χ1n) is 10.3. The predicted molar refractivity (Wildman–Crippen MR) is 123 cm³/mol. The Morgan fingerprint density at radius 1 is 1.09 bits per heavy atom. The van der Waals surface area contributed by atoms with Gasteiger partial charge in [-0.2, -0.15) is 0 Å². The number of fused-ring (bicyclic) bond motifs is 1. The Hall–Kier alpha value is -3.77. The molecule has 3 N–H and O–H groups in total. The fourth-order valence-corrected chi connectivity index (χ4v) is 3.75. The maximum atomic E-state index is 11.3. The van der Waals surface area contributed by atoms with Crippen LogP contribution in [0.1, 0.15) is 22.3 Å². The number of aryl methyl sites for hydroxylation is 1. The lowest BCUT2D eigenvalue weighted by Gasteiger charge is -2.14. The van der Waals surface area contributed by atoms with E-state index in [4.69, 9.17) is 19.6 Å². The zero-order valence-corrected chi connectivity index (χ0v) is 18.1. The number of hydrogen-bond donors (Lipinski definition) is 2. The summed E-state index contributed by atoms with van der Waals surface area (Å²) in [7, 11) is 1.56. The molecule has 0 aliphatic heterocycles. The number of rotatable bonds is 8. The van der Waals surface area contributed by atoms with Crippen LogP contribution in [-0.2, 0) is 24.4 Å². The van der Waals surface area contributed by atoms with E-state index in [0.717, 1.165) is 38.8 Å². The van der Waals surface area contributed by atoms with Gasteiger partial charge >= 0.3 is 5.97 Å². The van der Waals surface area contributed by atoms with E-state index < -0.39 is 5.97 Å². The summed E-state index contributed by atoms with van der Waals surface area (Å²) < 4.78 is 17.2. The number of ether oxygens (including phenoxy) is 2. The molecule has 3 aromatic carbocycles. The Morgan fingerprint density at radius 3 is 2.69 bits per heavy atom. The molecular weight excluding hydrogens is 406 g/mol. The number of carboxylic acid groups (broad SMARTS) is 1. The molecule has 32 heavy (non-hydrogen) atoms. The quantitative estimate of drug-likeness (QED) is 0.404. The standard InChI is InChI=1S/C26H25NO5/c1-16-14-32-26-22(16)9-18(10-23(26)19-5-3-4-17(8-19)13-27)15-31-24-12-21(30-2)7-6-20(24)11-25(28)29/h3-10,12,14H,11,13,15,27H2,1-2H3,(H,28,29). The molecule has 0 atom stereocenters. The van der Waals surface area contributed by atoms with Crippen molar-refractivity contribution >= 4 is 16.9 Å². The summed E-state index contributed by atoms with van der Waals surface area (Å²) >= 11 is 0. The Morgan fingerprint density at radius 2 is 1.94 bits per heavy atom. The van der Waals surface area contributed by atoms with Gasteiger partial charge in [-0.3, -0.25) is 4.79 Å². The van der Waals surface area contributed by atoms with E-state index in [1.54, 1.807) is 31.6 Å². The van der Waals surface area contributed by atoms with Gasteiger partial charge in [0.1, 0.15) is 23.7 Å². The van der Waals surface area contributed by atoms with E-state index >= 15 is 0 Å². The van der Waals surface area contributed by atoms with Gasteiger partial charge in [0.2, 0.25) is 0 Å². The van der Waals surface area contributed by atoms with Crippen molar-refractivity contribution in [3.8, 4) is 22.6 Å². The molecule has 0 aliphatic carbocycles. The minimum atomic E-state index is -0.919. The van der Waals surface area contributed by atoms with E-state index in [-0.39, 0.29) is 13.0 Å². The highest BCUT2D eigenvalue weighted by Gasteiger charge is 2.14. The molecule has 0 aliphatic rings. The van der Waals surface area contributed by atoms with Crippen LogP contribution in [0.25, 0.3) is 22.1 Å². The minimum absolute atomic E-state index is 0.129. The van der Waals surface area contributed by atoms with Crippen molar-refractivity contribution in [1.29, 1.82) is 0 Å². The topological polar surface area (TPSA) is 94.9 Å².